The largest absolute Gasteiger partial charge is 0.279 e. The van der Waals surface area contributed by atoms with Crippen molar-refractivity contribution in [1.29, 1.82) is 0 Å². The van der Waals surface area contributed by atoms with Crippen LogP contribution in [0, 0.1) is 19.7 Å². The molecule has 6 heteroatoms. The van der Waals surface area contributed by atoms with E-state index in [9.17, 15) is 12.8 Å². The summed E-state index contributed by atoms with van der Waals surface area (Å²) in [7, 11) is -3.79. The maximum absolute atomic E-state index is 13.1. The molecule has 0 amide bonds. The predicted molar refractivity (Wildman–Crippen MR) is 78.1 cm³/mol. The van der Waals surface area contributed by atoms with Gasteiger partial charge in [0.15, 0.2) is 0 Å². The molecule has 1 N–H and O–H groups in total. The molecule has 0 aliphatic heterocycles. The number of hydrogen-bond donors (Lipinski definition) is 1. The lowest BCUT2D eigenvalue weighted by atomic mass is 10.1. The Hall–Kier alpha value is -1.59. The Morgan fingerprint density at radius 1 is 1.10 bits per heavy atom. The molecule has 0 atom stereocenters. The minimum absolute atomic E-state index is 0.0797. The molecule has 2 aromatic carbocycles. The van der Waals surface area contributed by atoms with Gasteiger partial charge in [-0.05, 0) is 43.7 Å². The molecule has 2 aromatic rings. The van der Waals surface area contributed by atoms with Crippen molar-refractivity contribution in [1.82, 2.24) is 0 Å². The van der Waals surface area contributed by atoms with Gasteiger partial charge in [0.2, 0.25) is 0 Å². The van der Waals surface area contributed by atoms with Crippen LogP contribution in [-0.2, 0) is 10.0 Å². The lowest BCUT2D eigenvalue weighted by molar-refractivity contribution is 0.599. The maximum atomic E-state index is 13.1. The highest BCUT2D eigenvalue weighted by Crippen LogP contribution is 2.23. The van der Waals surface area contributed by atoms with E-state index in [1.54, 1.807) is 6.07 Å². The SMILES string of the molecule is Cc1ccc(NS(=O)(=O)c2ccc(F)c(Cl)c2)c(C)c1. The summed E-state index contributed by atoms with van der Waals surface area (Å²) in [6.45, 7) is 3.73. The normalized spacial score (nSPS) is 11.4. The van der Waals surface area contributed by atoms with Crippen LogP contribution < -0.4 is 4.72 Å². The van der Waals surface area contributed by atoms with Crippen molar-refractivity contribution in [3.63, 3.8) is 0 Å². The van der Waals surface area contributed by atoms with Crippen LogP contribution in [0.5, 0.6) is 0 Å². The molecule has 0 radical (unpaired) electrons. The zero-order chi connectivity index (χ0) is 14.9. The molecule has 20 heavy (non-hydrogen) atoms. The van der Waals surface area contributed by atoms with Crippen LogP contribution in [0.4, 0.5) is 10.1 Å². The van der Waals surface area contributed by atoms with Crippen molar-refractivity contribution in [2.45, 2.75) is 18.7 Å². The molecule has 0 heterocycles. The fraction of sp³-hybridized carbons (Fsp3) is 0.143. The van der Waals surface area contributed by atoms with E-state index in [-0.39, 0.29) is 9.92 Å². The van der Waals surface area contributed by atoms with E-state index in [0.717, 1.165) is 23.3 Å². The van der Waals surface area contributed by atoms with Gasteiger partial charge in [-0.3, -0.25) is 4.72 Å². The molecule has 0 fully saturated rings. The van der Waals surface area contributed by atoms with E-state index in [1.807, 2.05) is 26.0 Å². The molecule has 2 rings (SSSR count). The van der Waals surface area contributed by atoms with Gasteiger partial charge in [-0.2, -0.15) is 0 Å². The fourth-order valence-electron chi connectivity index (χ4n) is 1.78. The monoisotopic (exact) mass is 313 g/mol. The van der Waals surface area contributed by atoms with Gasteiger partial charge in [-0.25, -0.2) is 12.8 Å². The first-order valence-electron chi connectivity index (χ1n) is 5.85. The first-order valence-corrected chi connectivity index (χ1v) is 7.71. The summed E-state index contributed by atoms with van der Waals surface area (Å²) in [6.07, 6.45) is 0. The lowest BCUT2D eigenvalue weighted by Gasteiger charge is -2.11. The van der Waals surface area contributed by atoms with Gasteiger partial charge in [0.05, 0.1) is 15.6 Å². The Balaban J connectivity index is 2.38. The standard InChI is InChI=1S/C14H13ClFNO2S/c1-9-3-6-14(10(2)7-9)17-20(18,19)11-4-5-13(16)12(15)8-11/h3-8,17H,1-2H3. The quantitative estimate of drug-likeness (QED) is 0.934. The van der Waals surface area contributed by atoms with Gasteiger partial charge in [-0.15, -0.1) is 0 Å². The molecule has 106 valence electrons. The summed E-state index contributed by atoms with van der Waals surface area (Å²) in [4.78, 5) is -0.0797. The molecule has 0 aliphatic rings. The van der Waals surface area contributed by atoms with E-state index < -0.39 is 15.8 Å². The highest BCUT2D eigenvalue weighted by atomic mass is 35.5. The summed E-state index contributed by atoms with van der Waals surface area (Å²) in [6, 6.07) is 8.65. The second-order valence-corrected chi connectivity index (χ2v) is 6.59. The summed E-state index contributed by atoms with van der Waals surface area (Å²) in [5.74, 6) is -0.655. The third-order valence-corrected chi connectivity index (χ3v) is 4.48. The molecular weight excluding hydrogens is 301 g/mol. The van der Waals surface area contributed by atoms with Crippen LogP contribution in [0.2, 0.25) is 5.02 Å². The number of halogens is 2. The van der Waals surface area contributed by atoms with Gasteiger partial charge >= 0.3 is 0 Å². The van der Waals surface area contributed by atoms with Gasteiger partial charge in [0.1, 0.15) is 5.82 Å². The highest BCUT2D eigenvalue weighted by Gasteiger charge is 2.16. The van der Waals surface area contributed by atoms with Gasteiger partial charge in [0.25, 0.3) is 10.0 Å². The second-order valence-electron chi connectivity index (χ2n) is 4.50. The molecule has 0 bridgehead atoms. The zero-order valence-electron chi connectivity index (χ0n) is 10.9. The minimum atomic E-state index is -3.79. The Labute approximate surface area is 122 Å². The van der Waals surface area contributed by atoms with E-state index in [4.69, 9.17) is 11.6 Å². The average Bonchev–Trinajstić information content (AvgIpc) is 2.36. The molecule has 0 saturated carbocycles. The number of aryl methyl sites for hydroxylation is 2. The molecule has 0 spiro atoms. The summed E-state index contributed by atoms with van der Waals surface area (Å²) < 4.78 is 40.0. The molecule has 0 saturated heterocycles. The smallest absolute Gasteiger partial charge is 0.261 e. The Morgan fingerprint density at radius 3 is 2.40 bits per heavy atom. The van der Waals surface area contributed by atoms with Crippen LogP contribution in [0.25, 0.3) is 0 Å². The van der Waals surface area contributed by atoms with Crippen LogP contribution in [0.3, 0.4) is 0 Å². The summed E-state index contributed by atoms with van der Waals surface area (Å²) in [5, 5.41) is -0.228. The number of anilines is 1. The first kappa shape index (κ1) is 14.8. The topological polar surface area (TPSA) is 46.2 Å². The predicted octanol–water partition coefficient (Wildman–Crippen LogP) is 3.90. The van der Waals surface area contributed by atoms with Crippen molar-refractivity contribution < 1.29 is 12.8 Å². The van der Waals surface area contributed by atoms with E-state index in [1.165, 1.54) is 6.07 Å². The van der Waals surface area contributed by atoms with Crippen molar-refractivity contribution in [3.8, 4) is 0 Å². The Kier molecular flexibility index (Phi) is 4.01. The van der Waals surface area contributed by atoms with Gasteiger partial charge in [-0.1, -0.05) is 29.3 Å². The summed E-state index contributed by atoms with van der Waals surface area (Å²) >= 11 is 5.61. The third-order valence-electron chi connectivity index (χ3n) is 2.83. The number of sulfonamides is 1. The van der Waals surface area contributed by atoms with E-state index >= 15 is 0 Å². The van der Waals surface area contributed by atoms with Crippen molar-refractivity contribution in [2.75, 3.05) is 4.72 Å². The highest BCUT2D eigenvalue weighted by molar-refractivity contribution is 7.92. The zero-order valence-corrected chi connectivity index (χ0v) is 12.5. The number of rotatable bonds is 3. The lowest BCUT2D eigenvalue weighted by Crippen LogP contribution is -2.14. The number of benzene rings is 2. The number of hydrogen-bond acceptors (Lipinski definition) is 2. The summed E-state index contributed by atoms with van der Waals surface area (Å²) in [5.41, 5.74) is 2.33. The van der Waals surface area contributed by atoms with Crippen molar-refractivity contribution >= 4 is 27.3 Å². The first-order chi connectivity index (χ1) is 9.29. The van der Waals surface area contributed by atoms with Crippen molar-refractivity contribution in [2.24, 2.45) is 0 Å². The van der Waals surface area contributed by atoms with Crippen molar-refractivity contribution in [3.05, 3.63) is 58.4 Å². The average molecular weight is 314 g/mol. The van der Waals surface area contributed by atoms with Crippen LogP contribution in [-0.4, -0.2) is 8.42 Å². The van der Waals surface area contributed by atoms with E-state index in [0.29, 0.717) is 5.69 Å². The molecule has 0 unspecified atom stereocenters. The van der Waals surface area contributed by atoms with Crippen LogP contribution >= 0.6 is 11.6 Å². The molecular formula is C14H13ClFNO2S. The Bertz CT molecular complexity index is 760. The number of nitrogens with one attached hydrogen (secondary N) is 1. The third kappa shape index (κ3) is 3.11. The van der Waals surface area contributed by atoms with Crippen LogP contribution in [0.15, 0.2) is 41.3 Å². The minimum Gasteiger partial charge on any atom is -0.279 e. The molecule has 0 aliphatic carbocycles. The second kappa shape index (κ2) is 5.42. The molecule has 0 aromatic heterocycles. The fourth-order valence-corrected chi connectivity index (χ4v) is 3.18. The van der Waals surface area contributed by atoms with Gasteiger partial charge < -0.3 is 0 Å². The van der Waals surface area contributed by atoms with Gasteiger partial charge in [0, 0.05) is 0 Å². The molecule has 3 nitrogen and oxygen atoms in total. The van der Waals surface area contributed by atoms with E-state index in [2.05, 4.69) is 4.72 Å². The van der Waals surface area contributed by atoms with Crippen LogP contribution in [0.1, 0.15) is 11.1 Å². The Morgan fingerprint density at radius 2 is 1.80 bits per heavy atom. The maximum Gasteiger partial charge on any atom is 0.261 e.